The van der Waals surface area contributed by atoms with Gasteiger partial charge >= 0.3 is 5.88 Å². The molecule has 0 bridgehead atoms. The van der Waals surface area contributed by atoms with Gasteiger partial charge in [-0.2, -0.15) is 0 Å². The van der Waals surface area contributed by atoms with Crippen molar-refractivity contribution in [3.63, 3.8) is 0 Å². The van der Waals surface area contributed by atoms with E-state index >= 15 is 0 Å². The molecule has 0 atom stereocenters. The third-order valence-electron chi connectivity index (χ3n) is 5.01. The predicted octanol–water partition coefficient (Wildman–Crippen LogP) is 4.07. The molecule has 188 valence electrons. The molecule has 1 aromatic heterocycles. The van der Waals surface area contributed by atoms with Crippen molar-refractivity contribution in [2.24, 2.45) is 0 Å². The molecule has 8 nitrogen and oxygen atoms in total. The van der Waals surface area contributed by atoms with E-state index in [1.54, 1.807) is 13.0 Å². The highest BCUT2D eigenvalue weighted by Crippen LogP contribution is 2.37. The standard InChI is InChI=1S/C24H27F2N3O5S/c1-5-35(31,32)27-19-7-9-22(34-23-8-6-18(25)14-21(23)26)20(15-19)17-12-16(2)29(30)24(13-17)33-11-10-28(3)4/h6-9,12-15,27H,5,10-11H2,1-4H3. The Balaban J connectivity index is 2.10. The van der Waals surface area contributed by atoms with Crippen molar-refractivity contribution in [3.8, 4) is 28.5 Å². The van der Waals surface area contributed by atoms with E-state index in [1.165, 1.54) is 31.2 Å². The van der Waals surface area contributed by atoms with Gasteiger partial charge in [-0.3, -0.25) is 4.72 Å². The second kappa shape index (κ2) is 10.9. The van der Waals surface area contributed by atoms with Crippen LogP contribution in [0.3, 0.4) is 0 Å². The first-order valence-corrected chi connectivity index (χ1v) is 12.4. The van der Waals surface area contributed by atoms with Crippen molar-refractivity contribution in [3.05, 3.63) is 71.1 Å². The number of ether oxygens (including phenoxy) is 2. The lowest BCUT2D eigenvalue weighted by molar-refractivity contribution is -0.619. The van der Waals surface area contributed by atoms with Gasteiger partial charge in [0, 0.05) is 42.4 Å². The molecule has 0 unspecified atom stereocenters. The molecular formula is C24H27F2N3O5S. The maximum Gasteiger partial charge on any atom is 0.380 e. The maximum absolute atomic E-state index is 14.3. The van der Waals surface area contributed by atoms with Crippen LogP contribution in [0.1, 0.15) is 12.6 Å². The van der Waals surface area contributed by atoms with Crippen molar-refractivity contribution in [2.75, 3.05) is 37.7 Å². The van der Waals surface area contributed by atoms with Crippen molar-refractivity contribution in [1.29, 1.82) is 0 Å². The van der Waals surface area contributed by atoms with Crippen LogP contribution in [0.4, 0.5) is 14.5 Å². The zero-order valence-corrected chi connectivity index (χ0v) is 20.7. The van der Waals surface area contributed by atoms with Crippen molar-refractivity contribution in [2.45, 2.75) is 13.8 Å². The molecule has 3 rings (SSSR count). The fraction of sp³-hybridized carbons (Fsp3) is 0.292. The minimum absolute atomic E-state index is 0.0419. The average Bonchev–Trinajstić information content (AvgIpc) is 2.79. The molecule has 1 N–H and O–H groups in total. The molecule has 0 saturated heterocycles. The van der Waals surface area contributed by atoms with Crippen LogP contribution < -0.4 is 18.9 Å². The Morgan fingerprint density at radius 1 is 1.06 bits per heavy atom. The zero-order valence-electron chi connectivity index (χ0n) is 19.8. The van der Waals surface area contributed by atoms with Crippen molar-refractivity contribution in [1.82, 2.24) is 4.90 Å². The van der Waals surface area contributed by atoms with Crippen LogP contribution >= 0.6 is 0 Å². The van der Waals surface area contributed by atoms with E-state index in [1.807, 2.05) is 19.0 Å². The topological polar surface area (TPSA) is 94.8 Å². The summed E-state index contributed by atoms with van der Waals surface area (Å²) in [5.41, 5.74) is 1.41. The van der Waals surface area contributed by atoms with E-state index in [0.29, 0.717) is 34.2 Å². The molecular weight excluding hydrogens is 480 g/mol. The summed E-state index contributed by atoms with van der Waals surface area (Å²) in [6.07, 6.45) is 0. The SMILES string of the molecule is CCS(=O)(=O)Nc1ccc(Oc2ccc(F)cc2F)c(-c2cc(C)[n+]([O-])c(OCCN(C)C)c2)c1. The van der Waals surface area contributed by atoms with E-state index in [9.17, 15) is 22.4 Å². The molecule has 1 heterocycles. The monoisotopic (exact) mass is 507 g/mol. The number of anilines is 1. The van der Waals surface area contributed by atoms with E-state index in [-0.39, 0.29) is 35.4 Å². The Bertz CT molecular complexity index is 1320. The number of halogens is 2. The van der Waals surface area contributed by atoms with Gasteiger partial charge in [0.15, 0.2) is 17.3 Å². The number of aromatic nitrogens is 1. The lowest BCUT2D eigenvalue weighted by Crippen LogP contribution is -2.34. The zero-order chi connectivity index (χ0) is 25.8. The molecule has 11 heteroatoms. The number of sulfonamides is 1. The summed E-state index contributed by atoms with van der Waals surface area (Å²) in [6, 6.07) is 10.4. The second-order valence-electron chi connectivity index (χ2n) is 8.06. The number of hydrogen-bond donors (Lipinski definition) is 1. The van der Waals surface area contributed by atoms with Gasteiger partial charge in [-0.15, -0.1) is 4.73 Å². The Morgan fingerprint density at radius 3 is 2.43 bits per heavy atom. The molecule has 0 aliphatic heterocycles. The molecule has 3 aromatic rings. The normalized spacial score (nSPS) is 11.5. The van der Waals surface area contributed by atoms with Crippen molar-refractivity contribution < 1.29 is 31.4 Å². The Labute approximate surface area is 203 Å². The van der Waals surface area contributed by atoms with Crippen LogP contribution in [0.2, 0.25) is 0 Å². The fourth-order valence-electron chi connectivity index (χ4n) is 3.12. The number of nitrogens with zero attached hydrogens (tertiary/aromatic N) is 2. The number of pyridine rings is 1. The molecule has 0 saturated carbocycles. The van der Waals surface area contributed by atoms with Gasteiger partial charge in [-0.25, -0.2) is 17.2 Å². The molecule has 0 fully saturated rings. The third kappa shape index (κ3) is 6.80. The smallest absolute Gasteiger partial charge is 0.380 e. The molecule has 0 aliphatic carbocycles. The first-order valence-electron chi connectivity index (χ1n) is 10.8. The number of nitrogens with one attached hydrogen (secondary N) is 1. The second-order valence-corrected chi connectivity index (χ2v) is 10.1. The predicted molar refractivity (Wildman–Crippen MR) is 129 cm³/mol. The Hall–Kier alpha value is -3.44. The van der Waals surface area contributed by atoms with Crippen LogP contribution in [-0.2, 0) is 10.0 Å². The van der Waals surface area contributed by atoms with Crippen molar-refractivity contribution >= 4 is 15.7 Å². The maximum atomic E-state index is 14.3. The van der Waals surface area contributed by atoms with Gasteiger partial charge in [0.1, 0.15) is 18.2 Å². The first kappa shape index (κ1) is 26.2. The highest BCUT2D eigenvalue weighted by Gasteiger charge is 2.19. The van der Waals surface area contributed by atoms with Crippen LogP contribution in [0.5, 0.6) is 17.4 Å². The summed E-state index contributed by atoms with van der Waals surface area (Å²) in [5, 5.41) is 12.5. The summed E-state index contributed by atoms with van der Waals surface area (Å²) in [5.74, 6) is -1.80. The molecule has 0 radical (unpaired) electrons. The highest BCUT2D eigenvalue weighted by atomic mass is 32.2. The van der Waals surface area contributed by atoms with Gasteiger partial charge in [0.2, 0.25) is 10.0 Å². The lowest BCUT2D eigenvalue weighted by atomic mass is 10.0. The Morgan fingerprint density at radius 2 is 1.77 bits per heavy atom. The quantitative estimate of drug-likeness (QED) is 0.328. The Kier molecular flexibility index (Phi) is 8.13. The minimum atomic E-state index is -3.57. The third-order valence-corrected chi connectivity index (χ3v) is 6.32. The number of likely N-dealkylation sites (N-methyl/N-ethyl adjacent to an activating group) is 1. The van der Waals surface area contributed by atoms with Gasteiger partial charge in [-0.1, -0.05) is 0 Å². The van der Waals surface area contributed by atoms with E-state index in [0.717, 1.165) is 12.1 Å². The number of benzene rings is 2. The number of rotatable bonds is 10. The molecule has 0 spiro atoms. The van der Waals surface area contributed by atoms with E-state index in [4.69, 9.17) is 9.47 Å². The summed E-state index contributed by atoms with van der Waals surface area (Å²) in [7, 11) is 0.171. The van der Waals surface area contributed by atoms with Crippen LogP contribution in [-0.4, -0.2) is 46.3 Å². The highest BCUT2D eigenvalue weighted by molar-refractivity contribution is 7.92. The van der Waals surface area contributed by atoms with E-state index < -0.39 is 21.7 Å². The van der Waals surface area contributed by atoms with Gasteiger partial charge in [0.25, 0.3) is 0 Å². The molecule has 0 aliphatic rings. The number of hydrogen-bond acceptors (Lipinski definition) is 6. The number of aryl methyl sites for hydroxylation is 1. The largest absolute Gasteiger partial charge is 0.616 e. The van der Waals surface area contributed by atoms with Crippen LogP contribution in [0.25, 0.3) is 11.1 Å². The summed E-state index contributed by atoms with van der Waals surface area (Å²) >= 11 is 0. The summed E-state index contributed by atoms with van der Waals surface area (Å²) in [4.78, 5) is 1.90. The van der Waals surface area contributed by atoms with Crippen LogP contribution in [0, 0.1) is 23.8 Å². The van der Waals surface area contributed by atoms with Gasteiger partial charge in [0.05, 0.1) is 11.8 Å². The van der Waals surface area contributed by atoms with Crippen LogP contribution in [0.15, 0.2) is 48.5 Å². The lowest BCUT2D eigenvalue weighted by Gasteiger charge is -2.16. The fourth-order valence-corrected chi connectivity index (χ4v) is 3.75. The first-order chi connectivity index (χ1) is 16.5. The summed E-state index contributed by atoms with van der Waals surface area (Å²) in [6.45, 7) is 3.94. The van der Waals surface area contributed by atoms with E-state index in [2.05, 4.69) is 4.72 Å². The summed E-state index contributed by atoms with van der Waals surface area (Å²) < 4.78 is 66.3. The molecule has 2 aromatic carbocycles. The average molecular weight is 508 g/mol. The molecule has 35 heavy (non-hydrogen) atoms. The van der Waals surface area contributed by atoms with Gasteiger partial charge in [-0.05, 0) is 51.4 Å². The minimum Gasteiger partial charge on any atom is -0.616 e. The molecule has 0 amide bonds. The van der Waals surface area contributed by atoms with Gasteiger partial charge < -0.3 is 19.6 Å².